The van der Waals surface area contributed by atoms with Gasteiger partial charge >= 0.3 is 5.97 Å². The average molecular weight is 319 g/mol. The summed E-state index contributed by atoms with van der Waals surface area (Å²) in [5.74, 6) is -0.202. The van der Waals surface area contributed by atoms with Gasteiger partial charge in [-0.2, -0.15) is 0 Å². The van der Waals surface area contributed by atoms with Gasteiger partial charge < -0.3 is 5.11 Å². The van der Waals surface area contributed by atoms with Gasteiger partial charge in [-0.3, -0.25) is 0 Å². The van der Waals surface area contributed by atoms with E-state index in [4.69, 9.17) is 16.7 Å². The van der Waals surface area contributed by atoms with Crippen molar-refractivity contribution in [2.24, 2.45) is 0 Å². The predicted octanol–water partition coefficient (Wildman–Crippen LogP) is 5.04. The van der Waals surface area contributed by atoms with Gasteiger partial charge in [-0.25, -0.2) is 4.79 Å². The molecule has 0 aromatic heterocycles. The molecule has 0 unspecified atom stereocenters. The van der Waals surface area contributed by atoms with Gasteiger partial charge in [-0.1, -0.05) is 35.4 Å². The summed E-state index contributed by atoms with van der Waals surface area (Å²) in [5, 5.41) is 9.34. The van der Waals surface area contributed by atoms with Crippen LogP contribution in [0.3, 0.4) is 0 Å². The summed E-state index contributed by atoms with van der Waals surface area (Å²) in [6, 6.07) is 13.9. The van der Waals surface area contributed by atoms with Gasteiger partial charge in [0.15, 0.2) is 0 Å². The third-order valence-electron chi connectivity index (χ3n) is 2.93. The van der Waals surface area contributed by atoms with Crippen LogP contribution in [0.4, 0.5) is 0 Å². The first-order valence-corrected chi connectivity index (χ1v) is 7.80. The molecule has 2 aromatic rings. The summed E-state index contributed by atoms with van der Waals surface area (Å²) < 4.78 is 0. The van der Waals surface area contributed by atoms with E-state index in [2.05, 4.69) is 31.2 Å². The second-order valence-corrected chi connectivity index (χ2v) is 6.10. The van der Waals surface area contributed by atoms with Gasteiger partial charge in [-0.15, -0.1) is 11.8 Å². The minimum absolute atomic E-state index is 0.601. The number of aryl methyl sites for hydroxylation is 1. The van der Waals surface area contributed by atoms with Crippen molar-refractivity contribution in [3.8, 4) is 0 Å². The molecule has 0 aliphatic rings. The molecule has 0 saturated carbocycles. The summed E-state index contributed by atoms with van der Waals surface area (Å²) in [4.78, 5) is 11.8. The Morgan fingerprint density at radius 3 is 2.62 bits per heavy atom. The summed E-state index contributed by atoms with van der Waals surface area (Å²) in [5.41, 5.74) is 3.13. The summed E-state index contributed by atoms with van der Waals surface area (Å²) in [7, 11) is 0. The van der Waals surface area contributed by atoms with Crippen LogP contribution in [0.1, 0.15) is 16.7 Å². The van der Waals surface area contributed by atoms with E-state index in [-0.39, 0.29) is 0 Å². The highest BCUT2D eigenvalue weighted by Gasteiger charge is 2.03. The van der Waals surface area contributed by atoms with E-state index < -0.39 is 5.97 Å². The van der Waals surface area contributed by atoms with E-state index in [0.717, 1.165) is 23.0 Å². The van der Waals surface area contributed by atoms with E-state index in [1.807, 2.05) is 12.1 Å². The zero-order valence-electron chi connectivity index (χ0n) is 11.5. The molecule has 4 heteroatoms. The van der Waals surface area contributed by atoms with E-state index in [9.17, 15) is 4.79 Å². The highest BCUT2D eigenvalue weighted by molar-refractivity contribution is 7.98. The number of rotatable bonds is 5. The van der Waals surface area contributed by atoms with Crippen molar-refractivity contribution in [2.45, 2.75) is 17.6 Å². The monoisotopic (exact) mass is 318 g/mol. The fourth-order valence-electron chi connectivity index (χ4n) is 1.81. The first kappa shape index (κ1) is 15.7. The van der Waals surface area contributed by atoms with Gasteiger partial charge in [0, 0.05) is 21.7 Å². The Labute approximate surface area is 133 Å². The maximum atomic E-state index is 10.7. The van der Waals surface area contributed by atoms with Crippen molar-refractivity contribution >= 4 is 35.4 Å². The number of hydrogen-bond acceptors (Lipinski definition) is 2. The van der Waals surface area contributed by atoms with Gasteiger partial charge in [-0.05, 0) is 48.4 Å². The van der Waals surface area contributed by atoms with Crippen LogP contribution in [0.5, 0.6) is 0 Å². The third-order valence-corrected chi connectivity index (χ3v) is 4.22. The Balaban J connectivity index is 2.15. The number of benzene rings is 2. The molecule has 0 saturated heterocycles. The molecule has 0 amide bonds. The number of halogens is 1. The molecule has 0 spiro atoms. The first-order chi connectivity index (χ1) is 10.0. The second kappa shape index (κ2) is 7.34. The Morgan fingerprint density at radius 2 is 1.95 bits per heavy atom. The van der Waals surface area contributed by atoms with Crippen molar-refractivity contribution in [1.29, 1.82) is 0 Å². The lowest BCUT2D eigenvalue weighted by molar-refractivity contribution is -0.131. The van der Waals surface area contributed by atoms with Crippen LogP contribution in [0, 0.1) is 6.92 Å². The molecule has 2 aromatic carbocycles. The lowest BCUT2D eigenvalue weighted by Gasteiger charge is -2.07. The fourth-order valence-corrected chi connectivity index (χ4v) is 2.90. The van der Waals surface area contributed by atoms with E-state index >= 15 is 0 Å². The summed E-state index contributed by atoms with van der Waals surface area (Å²) in [6.07, 6.45) is 2.71. The molecule has 0 heterocycles. The van der Waals surface area contributed by atoms with Gasteiger partial charge in [0.05, 0.1) is 0 Å². The Bertz CT molecular complexity index is 663. The van der Waals surface area contributed by atoms with Crippen LogP contribution in [0.25, 0.3) is 6.08 Å². The van der Waals surface area contributed by atoms with Crippen LogP contribution in [0.2, 0.25) is 5.02 Å². The minimum atomic E-state index is -0.966. The predicted molar refractivity (Wildman–Crippen MR) is 88.9 cm³/mol. The van der Waals surface area contributed by atoms with Crippen LogP contribution >= 0.6 is 23.4 Å². The Kier molecular flexibility index (Phi) is 5.48. The number of carboxylic acid groups (broad SMARTS) is 1. The molecule has 21 heavy (non-hydrogen) atoms. The van der Waals surface area contributed by atoms with Crippen molar-refractivity contribution in [1.82, 2.24) is 0 Å². The molecule has 2 nitrogen and oxygen atoms in total. The smallest absolute Gasteiger partial charge is 0.328 e. The topological polar surface area (TPSA) is 37.3 Å². The molecular formula is C17H15ClO2S. The Hall–Kier alpha value is -1.71. The lowest BCUT2D eigenvalue weighted by Crippen LogP contribution is -1.90. The third kappa shape index (κ3) is 4.96. The van der Waals surface area contributed by atoms with Crippen LogP contribution in [-0.2, 0) is 10.5 Å². The zero-order valence-corrected chi connectivity index (χ0v) is 13.1. The SMILES string of the molecule is Cc1ccc(SCc2ccc(Cl)cc2/C=C/C(=O)O)cc1. The molecule has 0 radical (unpaired) electrons. The summed E-state index contributed by atoms with van der Waals surface area (Å²) in [6.45, 7) is 2.06. The normalized spacial score (nSPS) is 11.0. The van der Waals surface area contributed by atoms with Gasteiger partial charge in [0.2, 0.25) is 0 Å². The zero-order chi connectivity index (χ0) is 15.2. The lowest BCUT2D eigenvalue weighted by atomic mass is 10.1. The molecule has 0 atom stereocenters. The van der Waals surface area contributed by atoms with Crippen molar-refractivity contribution in [2.75, 3.05) is 0 Å². The van der Waals surface area contributed by atoms with E-state index in [1.165, 1.54) is 10.5 Å². The molecular weight excluding hydrogens is 304 g/mol. The fraction of sp³-hybridized carbons (Fsp3) is 0.118. The molecule has 2 rings (SSSR count). The highest BCUT2D eigenvalue weighted by atomic mass is 35.5. The maximum Gasteiger partial charge on any atom is 0.328 e. The van der Waals surface area contributed by atoms with Gasteiger partial charge in [0.1, 0.15) is 0 Å². The molecule has 0 bridgehead atoms. The van der Waals surface area contributed by atoms with Gasteiger partial charge in [0.25, 0.3) is 0 Å². The molecule has 1 N–H and O–H groups in total. The number of thioether (sulfide) groups is 1. The molecule has 108 valence electrons. The second-order valence-electron chi connectivity index (χ2n) is 4.62. The van der Waals surface area contributed by atoms with E-state index in [0.29, 0.717) is 5.02 Å². The highest BCUT2D eigenvalue weighted by Crippen LogP contribution is 2.27. The standard InChI is InChI=1S/C17H15ClO2S/c1-12-2-7-16(8-3-12)21-11-14-4-6-15(18)10-13(14)5-9-17(19)20/h2-10H,11H2,1H3,(H,19,20)/b9-5+. The largest absolute Gasteiger partial charge is 0.478 e. The number of carbonyl (C=O) groups is 1. The number of hydrogen-bond donors (Lipinski definition) is 1. The van der Waals surface area contributed by atoms with E-state index in [1.54, 1.807) is 23.9 Å². The van der Waals surface area contributed by atoms with Crippen molar-refractivity contribution < 1.29 is 9.90 Å². The molecule has 0 aliphatic carbocycles. The summed E-state index contributed by atoms with van der Waals surface area (Å²) >= 11 is 7.69. The van der Waals surface area contributed by atoms with Crippen molar-refractivity contribution in [3.05, 3.63) is 70.3 Å². The van der Waals surface area contributed by atoms with Crippen molar-refractivity contribution in [3.63, 3.8) is 0 Å². The number of aliphatic carboxylic acids is 1. The number of carboxylic acids is 1. The Morgan fingerprint density at radius 1 is 1.24 bits per heavy atom. The molecule has 0 aliphatic heterocycles. The first-order valence-electron chi connectivity index (χ1n) is 6.43. The minimum Gasteiger partial charge on any atom is -0.478 e. The molecule has 0 fully saturated rings. The maximum absolute atomic E-state index is 10.7. The quantitative estimate of drug-likeness (QED) is 0.620. The van der Waals surface area contributed by atoms with Crippen LogP contribution in [0.15, 0.2) is 53.4 Å². The van der Waals surface area contributed by atoms with Crippen LogP contribution < -0.4 is 0 Å². The van der Waals surface area contributed by atoms with Crippen LogP contribution in [-0.4, -0.2) is 11.1 Å². The average Bonchev–Trinajstić information content (AvgIpc) is 2.45.